The van der Waals surface area contributed by atoms with E-state index in [9.17, 15) is 4.79 Å². The summed E-state index contributed by atoms with van der Waals surface area (Å²) < 4.78 is 13.7. The van der Waals surface area contributed by atoms with Crippen molar-refractivity contribution in [1.29, 1.82) is 0 Å². The van der Waals surface area contributed by atoms with E-state index in [2.05, 4.69) is 14.1 Å². The second-order valence-corrected chi connectivity index (χ2v) is 5.54. The van der Waals surface area contributed by atoms with Gasteiger partial charge in [-0.2, -0.15) is 8.75 Å². The van der Waals surface area contributed by atoms with Gasteiger partial charge in [-0.05, 0) is 24.3 Å². The van der Waals surface area contributed by atoms with E-state index in [-0.39, 0.29) is 12.5 Å². The smallest absolute Gasteiger partial charge is 0.243 e. The van der Waals surface area contributed by atoms with Crippen LogP contribution < -0.4 is 15.0 Å². The summed E-state index contributed by atoms with van der Waals surface area (Å²) in [5.74, 6) is 0.604. The molecule has 1 heterocycles. The molecule has 0 saturated carbocycles. The number of anilines is 2. The molecule has 7 heteroatoms. The SMILES string of the molecule is COc1ccccc1N(C)CC(=O)Nc1cccc2nsnc12. The number of hydrogen-bond donors (Lipinski definition) is 1. The fraction of sp³-hybridized carbons (Fsp3) is 0.188. The van der Waals surface area contributed by atoms with Gasteiger partial charge in [0.25, 0.3) is 0 Å². The number of aromatic nitrogens is 2. The molecular formula is C16H16N4O2S. The summed E-state index contributed by atoms with van der Waals surface area (Å²) in [5.41, 5.74) is 3.03. The summed E-state index contributed by atoms with van der Waals surface area (Å²) in [6.07, 6.45) is 0. The molecule has 0 radical (unpaired) electrons. The highest BCUT2D eigenvalue weighted by molar-refractivity contribution is 7.00. The van der Waals surface area contributed by atoms with Crippen LogP contribution in [0.15, 0.2) is 42.5 Å². The molecular weight excluding hydrogens is 312 g/mol. The summed E-state index contributed by atoms with van der Waals surface area (Å²) >= 11 is 1.13. The number of carbonyl (C=O) groups is 1. The van der Waals surface area contributed by atoms with Crippen molar-refractivity contribution in [3.05, 3.63) is 42.5 Å². The number of nitrogens with zero attached hydrogens (tertiary/aromatic N) is 3. The summed E-state index contributed by atoms with van der Waals surface area (Å²) in [6, 6.07) is 13.1. The number of fused-ring (bicyclic) bond motifs is 1. The molecule has 3 aromatic rings. The number of methoxy groups -OCH3 is 1. The van der Waals surface area contributed by atoms with Gasteiger partial charge in [-0.1, -0.05) is 18.2 Å². The fourth-order valence-corrected chi connectivity index (χ4v) is 2.89. The van der Waals surface area contributed by atoms with Gasteiger partial charge in [0.05, 0.1) is 36.8 Å². The van der Waals surface area contributed by atoms with Crippen molar-refractivity contribution in [1.82, 2.24) is 8.75 Å². The topological polar surface area (TPSA) is 67.3 Å². The summed E-state index contributed by atoms with van der Waals surface area (Å²) in [4.78, 5) is 14.2. The second-order valence-electron chi connectivity index (χ2n) is 5.01. The van der Waals surface area contributed by atoms with E-state index in [1.165, 1.54) is 0 Å². The number of carbonyl (C=O) groups excluding carboxylic acids is 1. The lowest BCUT2D eigenvalue weighted by molar-refractivity contribution is -0.114. The third-order valence-electron chi connectivity index (χ3n) is 3.44. The number of nitrogens with one attached hydrogen (secondary N) is 1. The summed E-state index contributed by atoms with van der Waals surface area (Å²) in [6.45, 7) is 0.203. The van der Waals surface area contributed by atoms with Crippen LogP contribution in [0, 0.1) is 0 Å². The Morgan fingerprint density at radius 1 is 1.22 bits per heavy atom. The summed E-state index contributed by atoms with van der Waals surface area (Å²) in [7, 11) is 3.46. The van der Waals surface area contributed by atoms with Gasteiger partial charge in [0.1, 0.15) is 16.8 Å². The van der Waals surface area contributed by atoms with Crippen molar-refractivity contribution >= 4 is 40.0 Å². The molecule has 1 aromatic heterocycles. The Morgan fingerprint density at radius 2 is 2.04 bits per heavy atom. The van der Waals surface area contributed by atoms with Gasteiger partial charge < -0.3 is 15.0 Å². The van der Waals surface area contributed by atoms with Crippen molar-refractivity contribution in [2.45, 2.75) is 0 Å². The average molecular weight is 328 g/mol. The van der Waals surface area contributed by atoms with Gasteiger partial charge in [-0.3, -0.25) is 4.79 Å². The Morgan fingerprint density at radius 3 is 2.87 bits per heavy atom. The van der Waals surface area contributed by atoms with E-state index < -0.39 is 0 Å². The zero-order valence-electron chi connectivity index (χ0n) is 12.8. The lowest BCUT2D eigenvalue weighted by Crippen LogP contribution is -2.30. The predicted molar refractivity (Wildman–Crippen MR) is 92.3 cm³/mol. The molecule has 0 unspecified atom stereocenters. The average Bonchev–Trinajstić information content (AvgIpc) is 3.04. The lowest BCUT2D eigenvalue weighted by atomic mass is 10.2. The van der Waals surface area contributed by atoms with Crippen molar-refractivity contribution in [2.75, 3.05) is 30.9 Å². The zero-order chi connectivity index (χ0) is 16.2. The quantitative estimate of drug-likeness (QED) is 0.780. The largest absolute Gasteiger partial charge is 0.495 e. The minimum atomic E-state index is -0.126. The molecule has 0 spiro atoms. The van der Waals surface area contributed by atoms with Crippen molar-refractivity contribution in [2.24, 2.45) is 0 Å². The molecule has 1 amide bonds. The van der Waals surface area contributed by atoms with E-state index in [1.54, 1.807) is 7.11 Å². The summed E-state index contributed by atoms with van der Waals surface area (Å²) in [5, 5.41) is 2.89. The van der Waals surface area contributed by atoms with Crippen LogP contribution in [0.3, 0.4) is 0 Å². The molecule has 118 valence electrons. The van der Waals surface area contributed by atoms with E-state index in [0.717, 1.165) is 28.7 Å². The highest BCUT2D eigenvalue weighted by Gasteiger charge is 2.13. The van der Waals surface area contributed by atoms with Gasteiger partial charge in [0.2, 0.25) is 5.91 Å². The van der Waals surface area contributed by atoms with Gasteiger partial charge in [0, 0.05) is 7.05 Å². The molecule has 0 aliphatic carbocycles. The maximum absolute atomic E-state index is 12.3. The predicted octanol–water partition coefficient (Wildman–Crippen LogP) is 2.77. The fourth-order valence-electron chi connectivity index (χ4n) is 2.34. The number of amides is 1. The number of hydrogen-bond acceptors (Lipinski definition) is 6. The van der Waals surface area contributed by atoms with Crippen LogP contribution in [0.2, 0.25) is 0 Å². The Bertz CT molecular complexity index is 834. The Labute approximate surface area is 138 Å². The van der Waals surface area contributed by atoms with Crippen LogP contribution in [-0.2, 0) is 4.79 Å². The number of rotatable bonds is 5. The number of benzene rings is 2. The molecule has 3 rings (SSSR count). The van der Waals surface area contributed by atoms with Crippen LogP contribution in [-0.4, -0.2) is 35.4 Å². The van der Waals surface area contributed by atoms with Crippen molar-refractivity contribution in [3.8, 4) is 5.75 Å². The molecule has 23 heavy (non-hydrogen) atoms. The minimum Gasteiger partial charge on any atom is -0.495 e. The van der Waals surface area contributed by atoms with E-state index in [1.807, 2.05) is 54.4 Å². The number of likely N-dealkylation sites (N-methyl/N-ethyl adjacent to an activating group) is 1. The molecule has 0 aliphatic rings. The minimum absolute atomic E-state index is 0.126. The molecule has 0 fully saturated rings. The second kappa shape index (κ2) is 6.62. The first-order chi connectivity index (χ1) is 11.2. The Balaban J connectivity index is 1.73. The van der Waals surface area contributed by atoms with Crippen molar-refractivity contribution < 1.29 is 9.53 Å². The first-order valence-electron chi connectivity index (χ1n) is 7.04. The third-order valence-corrected chi connectivity index (χ3v) is 3.98. The first-order valence-corrected chi connectivity index (χ1v) is 7.77. The van der Waals surface area contributed by atoms with Crippen LogP contribution in [0.1, 0.15) is 0 Å². The van der Waals surface area contributed by atoms with E-state index in [0.29, 0.717) is 11.2 Å². The Kier molecular flexibility index (Phi) is 4.38. The lowest BCUT2D eigenvalue weighted by Gasteiger charge is -2.21. The van der Waals surface area contributed by atoms with Crippen LogP contribution in [0.4, 0.5) is 11.4 Å². The van der Waals surface area contributed by atoms with E-state index in [4.69, 9.17) is 4.74 Å². The highest BCUT2D eigenvalue weighted by Crippen LogP contribution is 2.26. The maximum Gasteiger partial charge on any atom is 0.243 e. The molecule has 0 bridgehead atoms. The van der Waals surface area contributed by atoms with Crippen LogP contribution in [0.25, 0.3) is 11.0 Å². The van der Waals surface area contributed by atoms with Gasteiger partial charge in [-0.25, -0.2) is 0 Å². The molecule has 0 saturated heterocycles. The molecule has 0 aliphatic heterocycles. The first kappa shape index (κ1) is 15.2. The number of para-hydroxylation sites is 2. The monoisotopic (exact) mass is 328 g/mol. The molecule has 0 atom stereocenters. The molecule has 1 N–H and O–H groups in total. The Hall–Kier alpha value is -2.67. The number of ether oxygens (including phenoxy) is 1. The standard InChI is InChI=1S/C16H16N4O2S/c1-20(13-8-3-4-9-14(13)22-2)10-15(21)17-11-6-5-7-12-16(11)19-23-18-12/h3-9H,10H2,1-2H3,(H,17,21). The highest BCUT2D eigenvalue weighted by atomic mass is 32.1. The van der Waals surface area contributed by atoms with Crippen LogP contribution in [0.5, 0.6) is 5.75 Å². The maximum atomic E-state index is 12.3. The van der Waals surface area contributed by atoms with Gasteiger partial charge in [-0.15, -0.1) is 0 Å². The zero-order valence-corrected chi connectivity index (χ0v) is 13.6. The van der Waals surface area contributed by atoms with Gasteiger partial charge in [0.15, 0.2) is 0 Å². The van der Waals surface area contributed by atoms with Gasteiger partial charge >= 0.3 is 0 Å². The molecule has 6 nitrogen and oxygen atoms in total. The van der Waals surface area contributed by atoms with E-state index >= 15 is 0 Å². The molecule has 2 aromatic carbocycles. The van der Waals surface area contributed by atoms with Crippen LogP contribution >= 0.6 is 11.7 Å². The third kappa shape index (κ3) is 3.24. The normalized spacial score (nSPS) is 10.5. The van der Waals surface area contributed by atoms with Crippen molar-refractivity contribution in [3.63, 3.8) is 0 Å².